The Morgan fingerprint density at radius 2 is 1.97 bits per heavy atom. The molecule has 1 aliphatic heterocycles. The van der Waals surface area contributed by atoms with Crippen molar-refractivity contribution in [2.24, 2.45) is 9.81 Å². The van der Waals surface area contributed by atoms with Crippen molar-refractivity contribution in [1.29, 1.82) is 0 Å². The van der Waals surface area contributed by atoms with E-state index in [-0.39, 0.29) is 18.8 Å². The first-order valence-electron chi connectivity index (χ1n) is 9.59. The van der Waals surface area contributed by atoms with Gasteiger partial charge in [0, 0.05) is 18.1 Å². The SMILES string of the molecule is CCOC(=O)C1([C@H]2C/C(=N\[S@](=O)C(C)(C)C)c3ccc(OC(F)(F)F)cc3O2)CC1. The minimum atomic E-state index is -4.85. The highest BCUT2D eigenvalue weighted by Gasteiger charge is 2.59. The smallest absolute Gasteiger partial charge is 0.488 e. The van der Waals surface area contributed by atoms with Crippen molar-refractivity contribution in [1.82, 2.24) is 0 Å². The lowest BCUT2D eigenvalue weighted by atomic mass is 9.89. The highest BCUT2D eigenvalue weighted by atomic mass is 32.2. The van der Waals surface area contributed by atoms with E-state index < -0.39 is 45.3 Å². The highest BCUT2D eigenvalue weighted by Crippen LogP contribution is 2.54. The number of halogens is 3. The van der Waals surface area contributed by atoms with Crippen molar-refractivity contribution in [3.05, 3.63) is 23.8 Å². The van der Waals surface area contributed by atoms with Crippen LogP contribution in [0.1, 0.15) is 52.5 Å². The van der Waals surface area contributed by atoms with E-state index in [1.54, 1.807) is 27.7 Å². The number of carbonyl (C=O) groups excluding carboxylic acids is 1. The molecule has 1 aromatic carbocycles. The summed E-state index contributed by atoms with van der Waals surface area (Å²) in [7, 11) is -1.59. The van der Waals surface area contributed by atoms with Crippen LogP contribution in [0, 0.1) is 5.41 Å². The van der Waals surface area contributed by atoms with Crippen molar-refractivity contribution in [3.8, 4) is 11.5 Å². The van der Waals surface area contributed by atoms with E-state index in [0.717, 1.165) is 12.1 Å². The summed E-state index contributed by atoms with van der Waals surface area (Å²) in [5, 5.41) is 0. The van der Waals surface area contributed by atoms with Crippen molar-refractivity contribution >= 4 is 22.7 Å². The molecule has 0 N–H and O–H groups in total. The van der Waals surface area contributed by atoms with Crippen LogP contribution in [0.2, 0.25) is 0 Å². The number of esters is 1. The maximum absolute atomic E-state index is 12.6. The van der Waals surface area contributed by atoms with Gasteiger partial charge in [0.25, 0.3) is 0 Å². The minimum absolute atomic E-state index is 0.105. The average molecular weight is 447 g/mol. The molecule has 30 heavy (non-hydrogen) atoms. The van der Waals surface area contributed by atoms with Crippen LogP contribution in [0.4, 0.5) is 13.2 Å². The first-order chi connectivity index (χ1) is 13.9. The molecule has 0 saturated heterocycles. The van der Waals surface area contributed by atoms with Crippen molar-refractivity contribution in [2.45, 2.75) is 64.2 Å². The zero-order valence-electron chi connectivity index (χ0n) is 17.2. The first kappa shape index (κ1) is 22.6. The summed E-state index contributed by atoms with van der Waals surface area (Å²) >= 11 is 0. The Morgan fingerprint density at radius 1 is 1.30 bits per heavy atom. The number of hydrogen-bond donors (Lipinski definition) is 0. The van der Waals surface area contributed by atoms with Crippen molar-refractivity contribution in [2.75, 3.05) is 6.61 Å². The predicted molar refractivity (Wildman–Crippen MR) is 105 cm³/mol. The van der Waals surface area contributed by atoms with Gasteiger partial charge in [-0.2, -0.15) is 4.40 Å². The maximum atomic E-state index is 12.6. The number of hydrogen-bond acceptors (Lipinski definition) is 5. The monoisotopic (exact) mass is 447 g/mol. The molecular weight excluding hydrogens is 423 g/mol. The molecule has 2 aliphatic rings. The molecule has 0 unspecified atom stereocenters. The lowest BCUT2D eigenvalue weighted by Gasteiger charge is -2.32. The molecule has 1 saturated carbocycles. The lowest BCUT2D eigenvalue weighted by molar-refractivity contribution is -0.274. The van der Waals surface area contributed by atoms with Crippen LogP contribution in [-0.2, 0) is 20.5 Å². The Kier molecular flexibility index (Phi) is 5.92. The molecule has 1 fully saturated rings. The molecule has 1 aliphatic carbocycles. The van der Waals surface area contributed by atoms with Crippen LogP contribution in [0.15, 0.2) is 22.6 Å². The zero-order chi connectivity index (χ0) is 22.3. The largest absolute Gasteiger partial charge is 0.573 e. The zero-order valence-corrected chi connectivity index (χ0v) is 18.0. The number of alkyl halides is 3. The summed E-state index contributed by atoms with van der Waals surface area (Å²) < 4.78 is 69.4. The van der Waals surface area contributed by atoms with Gasteiger partial charge in [-0.1, -0.05) is 0 Å². The third-order valence-electron chi connectivity index (χ3n) is 4.95. The fourth-order valence-electron chi connectivity index (χ4n) is 3.21. The van der Waals surface area contributed by atoms with Gasteiger partial charge in [0.05, 0.1) is 17.1 Å². The van der Waals surface area contributed by atoms with Crippen LogP contribution >= 0.6 is 0 Å². The van der Waals surface area contributed by atoms with Crippen LogP contribution < -0.4 is 9.47 Å². The molecule has 1 heterocycles. The Labute approximate surface area is 175 Å². The fourth-order valence-corrected chi connectivity index (χ4v) is 3.86. The second kappa shape index (κ2) is 7.86. The second-order valence-electron chi connectivity index (χ2n) is 8.29. The Hall–Kier alpha value is -2.10. The molecule has 6 nitrogen and oxygen atoms in total. The normalized spacial score (nSPS) is 22.6. The van der Waals surface area contributed by atoms with Crippen LogP contribution in [0.25, 0.3) is 0 Å². The summed E-state index contributed by atoms with van der Waals surface area (Å²) in [6, 6.07) is 3.67. The summed E-state index contributed by atoms with van der Waals surface area (Å²) in [6.45, 7) is 7.22. The Morgan fingerprint density at radius 3 is 2.50 bits per heavy atom. The molecule has 0 amide bonds. The number of nitrogens with zero attached hydrogens (tertiary/aromatic N) is 1. The van der Waals surface area contributed by atoms with Crippen LogP contribution in [0.5, 0.6) is 11.5 Å². The predicted octanol–water partition coefficient (Wildman–Crippen LogP) is 4.33. The summed E-state index contributed by atoms with van der Waals surface area (Å²) in [5.74, 6) is -0.746. The van der Waals surface area contributed by atoms with E-state index in [0.29, 0.717) is 24.1 Å². The second-order valence-corrected chi connectivity index (χ2v) is 10.2. The van der Waals surface area contributed by atoms with Gasteiger partial charge in [-0.15, -0.1) is 13.2 Å². The van der Waals surface area contributed by atoms with E-state index in [2.05, 4.69) is 9.13 Å². The molecule has 166 valence electrons. The molecular formula is C20H24F3NO5S. The van der Waals surface area contributed by atoms with E-state index in [4.69, 9.17) is 9.47 Å². The molecule has 0 radical (unpaired) electrons. The van der Waals surface area contributed by atoms with Gasteiger partial charge in [-0.3, -0.25) is 4.79 Å². The van der Waals surface area contributed by atoms with Gasteiger partial charge in [0.1, 0.15) is 34.0 Å². The van der Waals surface area contributed by atoms with Crippen molar-refractivity contribution < 1.29 is 36.4 Å². The Bertz CT molecular complexity index is 887. The van der Waals surface area contributed by atoms with E-state index in [1.165, 1.54) is 6.07 Å². The van der Waals surface area contributed by atoms with Crippen LogP contribution in [0.3, 0.4) is 0 Å². The highest BCUT2D eigenvalue weighted by molar-refractivity contribution is 7.85. The molecule has 10 heteroatoms. The third kappa shape index (κ3) is 4.79. The first-order valence-corrected chi connectivity index (χ1v) is 10.7. The van der Waals surface area contributed by atoms with Gasteiger partial charge in [0.2, 0.25) is 0 Å². The van der Waals surface area contributed by atoms with Gasteiger partial charge >= 0.3 is 12.3 Å². The maximum Gasteiger partial charge on any atom is 0.573 e. The number of carbonyl (C=O) groups is 1. The van der Waals surface area contributed by atoms with E-state index in [9.17, 15) is 22.2 Å². The number of benzene rings is 1. The molecule has 3 rings (SSSR count). The van der Waals surface area contributed by atoms with Crippen molar-refractivity contribution in [3.63, 3.8) is 0 Å². The molecule has 0 spiro atoms. The fraction of sp³-hybridized carbons (Fsp3) is 0.600. The lowest BCUT2D eigenvalue weighted by Crippen LogP contribution is -2.41. The minimum Gasteiger partial charge on any atom is -0.488 e. The topological polar surface area (TPSA) is 74.2 Å². The Balaban J connectivity index is 2.01. The molecule has 1 aromatic rings. The van der Waals surface area contributed by atoms with E-state index >= 15 is 0 Å². The molecule has 0 aromatic heterocycles. The van der Waals surface area contributed by atoms with Gasteiger partial charge < -0.3 is 14.2 Å². The number of ether oxygens (including phenoxy) is 3. The standard InChI is InChI=1S/C20H24F3NO5S/c1-5-27-17(25)19(8-9-19)16-11-14(24-30(26)18(2,3)4)13-7-6-12(10-15(13)28-16)29-20(21,22)23/h6-7,10,16H,5,8-9,11H2,1-4H3/b24-14+/t16-,30-/m1/s1. The quantitative estimate of drug-likeness (QED) is 0.628. The number of fused-ring (bicyclic) bond motifs is 1. The van der Waals surface area contributed by atoms with Gasteiger partial charge in [-0.05, 0) is 52.7 Å². The van der Waals surface area contributed by atoms with Gasteiger partial charge in [0.15, 0.2) is 0 Å². The average Bonchev–Trinajstić information content (AvgIpc) is 3.41. The molecule has 2 atom stereocenters. The summed E-state index contributed by atoms with van der Waals surface area (Å²) in [4.78, 5) is 12.5. The summed E-state index contributed by atoms with van der Waals surface area (Å²) in [5.41, 5.74) is -0.0276. The van der Waals surface area contributed by atoms with E-state index in [1.807, 2.05) is 0 Å². The molecule has 0 bridgehead atoms. The van der Waals surface area contributed by atoms with Gasteiger partial charge in [-0.25, -0.2) is 4.21 Å². The number of rotatable bonds is 5. The third-order valence-corrected chi connectivity index (χ3v) is 6.38. The van der Waals surface area contributed by atoms with Crippen LogP contribution in [-0.4, -0.2) is 39.7 Å². The summed E-state index contributed by atoms with van der Waals surface area (Å²) in [6.07, 6.45) is -4.25.